The summed E-state index contributed by atoms with van der Waals surface area (Å²) in [6.45, 7) is 0.226. The van der Waals surface area contributed by atoms with Crippen molar-refractivity contribution in [1.82, 2.24) is 0 Å². The topological polar surface area (TPSA) is 107 Å². The predicted octanol–water partition coefficient (Wildman–Crippen LogP) is -0.379. The molecule has 5 N–H and O–H groups in total. The first-order chi connectivity index (χ1) is 7.96. The number of rotatable bonds is 3. The van der Waals surface area contributed by atoms with Crippen LogP contribution in [0.5, 0.6) is 5.75 Å². The van der Waals surface area contributed by atoms with Crippen LogP contribution in [0.25, 0.3) is 0 Å². The van der Waals surface area contributed by atoms with Gasteiger partial charge in [-0.25, -0.2) is 5.14 Å². The minimum atomic E-state index is -3.85. The molecule has 0 aliphatic rings. The second kappa shape index (κ2) is 5.54. The molecule has 92 valence electrons. The Labute approximate surface area is 100 Å². The predicted molar refractivity (Wildman–Crippen MR) is 65.7 cm³/mol. The molecule has 0 aliphatic heterocycles. The third-order valence-electron chi connectivity index (χ3n) is 1.79. The number of benzene rings is 1. The molecule has 0 atom stereocenters. The fourth-order valence-corrected chi connectivity index (χ4v) is 1.64. The highest BCUT2D eigenvalue weighted by Crippen LogP contribution is 2.25. The Morgan fingerprint density at radius 1 is 1.47 bits per heavy atom. The molecule has 0 fully saturated rings. The molecule has 0 bridgehead atoms. The first-order valence-electron chi connectivity index (χ1n) is 4.64. The van der Waals surface area contributed by atoms with Gasteiger partial charge in [0.25, 0.3) is 10.2 Å². The van der Waals surface area contributed by atoms with Crippen LogP contribution in [0.3, 0.4) is 0 Å². The van der Waals surface area contributed by atoms with Gasteiger partial charge in [-0.2, -0.15) is 8.42 Å². The van der Waals surface area contributed by atoms with Crippen LogP contribution >= 0.6 is 0 Å². The molecule has 0 saturated carbocycles. The number of ether oxygens (including phenoxy) is 1. The Morgan fingerprint density at radius 3 is 2.71 bits per heavy atom. The number of hydrogen-bond donors (Lipinski definition) is 3. The van der Waals surface area contributed by atoms with E-state index in [1.807, 2.05) is 0 Å². The lowest BCUT2D eigenvalue weighted by molar-refractivity contribution is 0.417. The van der Waals surface area contributed by atoms with Crippen LogP contribution in [0.2, 0.25) is 0 Å². The highest BCUT2D eigenvalue weighted by Gasteiger charge is 2.08. The van der Waals surface area contributed by atoms with Crippen LogP contribution in [-0.2, 0) is 10.2 Å². The molecular formula is C10H13N3O3S. The largest absolute Gasteiger partial charge is 0.495 e. The molecule has 0 spiro atoms. The molecule has 0 saturated heterocycles. The van der Waals surface area contributed by atoms with Crippen LogP contribution in [0, 0.1) is 11.8 Å². The highest BCUT2D eigenvalue weighted by atomic mass is 32.2. The molecule has 0 aliphatic carbocycles. The Hall–Kier alpha value is -1.75. The summed E-state index contributed by atoms with van der Waals surface area (Å²) in [5.41, 5.74) is 6.09. The van der Waals surface area contributed by atoms with Gasteiger partial charge >= 0.3 is 0 Å². The van der Waals surface area contributed by atoms with Crippen molar-refractivity contribution in [1.29, 1.82) is 0 Å². The lowest BCUT2D eigenvalue weighted by Crippen LogP contribution is -2.22. The number of hydrogen-bond acceptors (Lipinski definition) is 4. The Bertz CT molecular complexity index is 558. The Balaban J connectivity index is 3.15. The molecule has 6 nitrogen and oxygen atoms in total. The molecule has 1 aromatic rings. The summed E-state index contributed by atoms with van der Waals surface area (Å²) in [4.78, 5) is 0. The van der Waals surface area contributed by atoms with E-state index in [1.165, 1.54) is 13.2 Å². The SMILES string of the molecule is COc1ccc(C#CCN)cc1NS(N)(=O)=O. The normalized spacial score (nSPS) is 10.3. The minimum Gasteiger partial charge on any atom is -0.495 e. The van der Waals surface area contributed by atoms with Gasteiger partial charge in [0.05, 0.1) is 19.3 Å². The van der Waals surface area contributed by atoms with Crippen molar-refractivity contribution in [2.24, 2.45) is 10.9 Å². The van der Waals surface area contributed by atoms with E-state index in [-0.39, 0.29) is 12.2 Å². The molecule has 1 aromatic carbocycles. The van der Waals surface area contributed by atoms with Crippen molar-refractivity contribution in [2.75, 3.05) is 18.4 Å². The van der Waals surface area contributed by atoms with Crippen molar-refractivity contribution >= 4 is 15.9 Å². The van der Waals surface area contributed by atoms with E-state index in [1.54, 1.807) is 12.1 Å². The molecule has 1 rings (SSSR count). The number of anilines is 1. The van der Waals surface area contributed by atoms with Gasteiger partial charge in [0.15, 0.2) is 0 Å². The standard InChI is InChI=1S/C10H13N3O3S/c1-16-10-5-4-8(3-2-6-11)7-9(10)13-17(12,14)15/h4-5,7,13H,6,11H2,1H3,(H2,12,14,15). The number of nitrogens with one attached hydrogen (secondary N) is 1. The second-order valence-corrected chi connectivity index (χ2v) is 4.36. The maximum absolute atomic E-state index is 10.9. The van der Waals surface area contributed by atoms with Crippen molar-refractivity contribution in [3.63, 3.8) is 0 Å². The van der Waals surface area contributed by atoms with Gasteiger partial charge in [-0.1, -0.05) is 11.8 Å². The summed E-state index contributed by atoms with van der Waals surface area (Å²) in [6, 6.07) is 4.80. The van der Waals surface area contributed by atoms with Crippen molar-refractivity contribution in [3.8, 4) is 17.6 Å². The first-order valence-corrected chi connectivity index (χ1v) is 6.18. The maximum atomic E-state index is 10.9. The fourth-order valence-electron chi connectivity index (χ4n) is 1.17. The van der Waals surface area contributed by atoms with Gasteiger partial charge in [0.2, 0.25) is 0 Å². The van der Waals surface area contributed by atoms with E-state index < -0.39 is 10.2 Å². The van der Waals surface area contributed by atoms with Crippen LogP contribution < -0.4 is 20.3 Å². The molecule has 0 aromatic heterocycles. The average molecular weight is 255 g/mol. The van der Waals surface area contributed by atoms with E-state index in [2.05, 4.69) is 16.6 Å². The summed E-state index contributed by atoms with van der Waals surface area (Å²) in [5, 5.41) is 4.89. The van der Waals surface area contributed by atoms with Crippen LogP contribution in [0.15, 0.2) is 18.2 Å². The summed E-state index contributed by atoms with van der Waals surface area (Å²) < 4.78 is 29.0. The van der Waals surface area contributed by atoms with E-state index in [0.717, 1.165) is 0 Å². The average Bonchev–Trinajstić information content (AvgIpc) is 2.24. The van der Waals surface area contributed by atoms with Crippen molar-refractivity contribution in [3.05, 3.63) is 23.8 Å². The summed E-state index contributed by atoms with van der Waals surface area (Å²) in [7, 11) is -2.42. The van der Waals surface area contributed by atoms with E-state index >= 15 is 0 Å². The number of methoxy groups -OCH3 is 1. The van der Waals surface area contributed by atoms with Crippen LogP contribution in [0.4, 0.5) is 5.69 Å². The summed E-state index contributed by atoms with van der Waals surface area (Å²) in [6.07, 6.45) is 0. The first kappa shape index (κ1) is 13.3. The highest BCUT2D eigenvalue weighted by molar-refractivity contribution is 7.90. The molecule has 17 heavy (non-hydrogen) atoms. The van der Waals surface area contributed by atoms with Gasteiger partial charge < -0.3 is 10.5 Å². The van der Waals surface area contributed by atoms with Crippen molar-refractivity contribution in [2.45, 2.75) is 0 Å². The fraction of sp³-hybridized carbons (Fsp3) is 0.200. The lowest BCUT2D eigenvalue weighted by Gasteiger charge is -2.09. The van der Waals surface area contributed by atoms with E-state index in [4.69, 9.17) is 15.6 Å². The van der Waals surface area contributed by atoms with E-state index in [0.29, 0.717) is 11.3 Å². The quantitative estimate of drug-likeness (QED) is 0.640. The zero-order valence-corrected chi connectivity index (χ0v) is 10.0. The Morgan fingerprint density at radius 2 is 2.18 bits per heavy atom. The second-order valence-electron chi connectivity index (χ2n) is 3.07. The van der Waals surface area contributed by atoms with Gasteiger partial charge in [0, 0.05) is 5.56 Å². The Kier molecular flexibility index (Phi) is 4.34. The maximum Gasteiger partial charge on any atom is 0.296 e. The monoisotopic (exact) mass is 255 g/mol. The van der Waals surface area contributed by atoms with Gasteiger partial charge in [-0.15, -0.1) is 0 Å². The number of nitrogens with two attached hydrogens (primary N) is 2. The summed E-state index contributed by atoms with van der Waals surface area (Å²) in [5.74, 6) is 5.79. The third-order valence-corrected chi connectivity index (χ3v) is 2.29. The van der Waals surface area contributed by atoms with Gasteiger partial charge in [-0.3, -0.25) is 4.72 Å². The molecule has 0 amide bonds. The smallest absolute Gasteiger partial charge is 0.296 e. The third kappa shape index (κ3) is 4.32. The molecule has 0 heterocycles. The molecule has 7 heteroatoms. The zero-order valence-electron chi connectivity index (χ0n) is 9.23. The molecular weight excluding hydrogens is 242 g/mol. The lowest BCUT2D eigenvalue weighted by atomic mass is 10.2. The van der Waals surface area contributed by atoms with Gasteiger partial charge in [-0.05, 0) is 18.2 Å². The minimum absolute atomic E-state index is 0.226. The van der Waals surface area contributed by atoms with Crippen LogP contribution in [-0.4, -0.2) is 22.1 Å². The molecule has 0 radical (unpaired) electrons. The zero-order chi connectivity index (χ0) is 12.9. The molecule has 0 unspecified atom stereocenters. The van der Waals surface area contributed by atoms with Gasteiger partial charge in [0.1, 0.15) is 5.75 Å². The van der Waals surface area contributed by atoms with Crippen LogP contribution in [0.1, 0.15) is 5.56 Å². The summed E-state index contributed by atoms with van der Waals surface area (Å²) >= 11 is 0. The van der Waals surface area contributed by atoms with Crippen molar-refractivity contribution < 1.29 is 13.2 Å². The van der Waals surface area contributed by atoms with E-state index in [9.17, 15) is 8.42 Å².